The Morgan fingerprint density at radius 2 is 1.32 bits per heavy atom. The fraction of sp³-hybridized carbons (Fsp3) is 0.200. The third-order valence-electron chi connectivity index (χ3n) is 1.34. The van der Waals surface area contributed by atoms with Crippen LogP contribution in [0.3, 0.4) is 0 Å². The molecule has 0 unspecified atom stereocenters. The lowest BCUT2D eigenvalue weighted by atomic mass is 10.4. The van der Waals surface area contributed by atoms with Crippen LogP contribution in [0.2, 0.25) is 0 Å². The maximum atomic E-state index is 10.6. The van der Waals surface area contributed by atoms with Gasteiger partial charge in [0, 0.05) is 18.1 Å². The Morgan fingerprint density at radius 3 is 1.64 bits per heavy atom. The molecule has 0 radical (unpaired) electrons. The molecule has 0 aromatic rings. The molecule has 5 N–H and O–H groups in total. The molecule has 22 heavy (non-hydrogen) atoms. The zero-order chi connectivity index (χ0) is 18.0. The molecule has 0 aromatic heterocycles. The first-order chi connectivity index (χ1) is 9.78. The monoisotopic (exact) mass is 336 g/mol. The number of aliphatic carboxylic acids is 2. The van der Waals surface area contributed by atoms with Gasteiger partial charge in [0.1, 0.15) is 0 Å². The summed E-state index contributed by atoms with van der Waals surface area (Å²) in [5, 5.41) is 17.1. The van der Waals surface area contributed by atoms with Gasteiger partial charge in [-0.3, -0.25) is 0 Å². The van der Waals surface area contributed by atoms with Crippen LogP contribution in [0.1, 0.15) is 0 Å². The Labute approximate surface area is 119 Å². The molecule has 0 saturated carbocycles. The molecule has 0 aliphatic carbocycles. The zero-order valence-electron chi connectivity index (χ0n) is 10.4. The van der Waals surface area contributed by atoms with Crippen molar-refractivity contribution in [2.24, 2.45) is 5.73 Å². The number of hydrogen-bond acceptors (Lipinski definition) is 4. The van der Waals surface area contributed by atoms with E-state index in [-0.39, 0.29) is 0 Å². The van der Waals surface area contributed by atoms with Gasteiger partial charge in [0.2, 0.25) is 0 Å². The largest absolute Gasteiger partial charge is 0.490 e. The van der Waals surface area contributed by atoms with Crippen LogP contribution in [-0.2, 0) is 9.59 Å². The van der Waals surface area contributed by atoms with Crippen molar-refractivity contribution < 1.29 is 46.1 Å². The fourth-order valence-electron chi connectivity index (χ4n) is 0.470. The van der Waals surface area contributed by atoms with Crippen LogP contribution in [0, 0.1) is 0 Å². The predicted molar refractivity (Wildman–Crippen MR) is 61.1 cm³/mol. The van der Waals surface area contributed by atoms with Gasteiger partial charge < -0.3 is 21.3 Å². The van der Waals surface area contributed by atoms with E-state index in [1.165, 1.54) is 0 Å². The van der Waals surface area contributed by atoms with Gasteiger partial charge in [-0.25, -0.2) is 9.59 Å². The molecule has 1 heterocycles. The quantitative estimate of drug-likeness (QED) is 0.501. The summed E-state index contributed by atoms with van der Waals surface area (Å²) in [5.41, 5.74) is 6.19. The molecular weight excluding hydrogens is 326 g/mol. The number of nitrogens with two attached hydrogens (primary N) is 1. The Balaban J connectivity index is 0. The minimum absolute atomic E-state index is 0.770. The molecule has 0 fully saturated rings. The van der Waals surface area contributed by atoms with E-state index in [4.69, 9.17) is 25.5 Å². The summed E-state index contributed by atoms with van der Waals surface area (Å²) in [6.07, 6.45) is -1.07. The summed E-state index contributed by atoms with van der Waals surface area (Å²) in [4.78, 5) is 17.8. The Hall–Kier alpha value is -2.66. The van der Waals surface area contributed by atoms with Gasteiger partial charge in [-0.2, -0.15) is 26.3 Å². The normalized spacial score (nSPS) is 13.3. The van der Waals surface area contributed by atoms with Crippen molar-refractivity contribution >= 4 is 11.9 Å². The van der Waals surface area contributed by atoms with Crippen molar-refractivity contribution in [3.05, 3.63) is 36.3 Å². The maximum Gasteiger partial charge on any atom is 0.490 e. The third kappa shape index (κ3) is 13.8. The molecule has 1 aliphatic heterocycles. The zero-order valence-corrected chi connectivity index (χ0v) is 10.4. The highest BCUT2D eigenvalue weighted by molar-refractivity contribution is 5.73. The molecule has 1 rings (SSSR count). The lowest BCUT2D eigenvalue weighted by molar-refractivity contribution is -0.193. The molecule has 126 valence electrons. The van der Waals surface area contributed by atoms with Gasteiger partial charge in [-0.05, 0) is 18.2 Å². The van der Waals surface area contributed by atoms with Gasteiger partial charge >= 0.3 is 24.3 Å². The highest BCUT2D eigenvalue weighted by Crippen LogP contribution is 2.13. The molecular formula is C10H10F6N2O4. The van der Waals surface area contributed by atoms with Crippen LogP contribution < -0.4 is 11.1 Å². The van der Waals surface area contributed by atoms with Crippen LogP contribution in [0.15, 0.2) is 36.3 Å². The van der Waals surface area contributed by atoms with Gasteiger partial charge in [-0.15, -0.1) is 0 Å². The van der Waals surface area contributed by atoms with Crippen molar-refractivity contribution in [1.29, 1.82) is 0 Å². The molecule has 0 atom stereocenters. The summed E-state index contributed by atoms with van der Waals surface area (Å²) in [6, 6.07) is 0. The summed E-state index contributed by atoms with van der Waals surface area (Å²) in [5.74, 6) is -5.51. The topological polar surface area (TPSA) is 113 Å². The predicted octanol–water partition coefficient (Wildman–Crippen LogP) is 1.73. The van der Waals surface area contributed by atoms with Crippen LogP contribution in [0.5, 0.6) is 0 Å². The number of carbonyl (C=O) groups is 2. The summed E-state index contributed by atoms with van der Waals surface area (Å²) in [6.45, 7) is 0. The van der Waals surface area contributed by atoms with E-state index in [0.717, 1.165) is 5.70 Å². The van der Waals surface area contributed by atoms with E-state index >= 15 is 0 Å². The van der Waals surface area contributed by atoms with Crippen molar-refractivity contribution in [1.82, 2.24) is 5.32 Å². The van der Waals surface area contributed by atoms with E-state index in [2.05, 4.69) is 5.32 Å². The van der Waals surface area contributed by atoms with E-state index in [9.17, 15) is 26.3 Å². The first kappa shape index (κ1) is 21.6. The fourth-order valence-corrected chi connectivity index (χ4v) is 0.470. The summed E-state index contributed by atoms with van der Waals surface area (Å²) >= 11 is 0. The first-order valence-electron chi connectivity index (χ1n) is 4.93. The number of hydrogen-bond donors (Lipinski definition) is 4. The number of nitrogens with one attached hydrogen (secondary N) is 1. The van der Waals surface area contributed by atoms with E-state index in [1.807, 2.05) is 18.4 Å². The van der Waals surface area contributed by atoms with E-state index in [0.29, 0.717) is 0 Å². The molecule has 12 heteroatoms. The SMILES string of the molecule is NC1=CC=CNC=C1.O=C(O)C(F)(F)F.O=C(O)C(F)(F)F. The number of halogens is 6. The van der Waals surface area contributed by atoms with Crippen LogP contribution in [0.25, 0.3) is 0 Å². The van der Waals surface area contributed by atoms with Crippen molar-refractivity contribution in [2.45, 2.75) is 12.4 Å². The molecule has 0 bridgehead atoms. The highest BCUT2D eigenvalue weighted by atomic mass is 19.4. The number of allylic oxidation sites excluding steroid dienone is 3. The molecule has 0 aromatic carbocycles. The third-order valence-corrected chi connectivity index (χ3v) is 1.34. The van der Waals surface area contributed by atoms with Crippen LogP contribution in [-0.4, -0.2) is 34.5 Å². The summed E-state index contributed by atoms with van der Waals surface area (Å²) in [7, 11) is 0. The second kappa shape index (κ2) is 9.31. The van der Waals surface area contributed by atoms with Crippen LogP contribution >= 0.6 is 0 Å². The average molecular weight is 336 g/mol. The second-order valence-electron chi connectivity index (χ2n) is 3.13. The number of carboxylic acid groups (broad SMARTS) is 2. The minimum Gasteiger partial charge on any atom is -0.475 e. The van der Waals surface area contributed by atoms with Crippen LogP contribution in [0.4, 0.5) is 26.3 Å². The maximum absolute atomic E-state index is 10.6. The Kier molecular flexibility index (Phi) is 9.15. The van der Waals surface area contributed by atoms with E-state index in [1.54, 1.807) is 12.3 Å². The highest BCUT2D eigenvalue weighted by Gasteiger charge is 2.38. The number of alkyl halides is 6. The van der Waals surface area contributed by atoms with Gasteiger partial charge in [0.05, 0.1) is 0 Å². The van der Waals surface area contributed by atoms with Crippen molar-refractivity contribution in [2.75, 3.05) is 0 Å². The van der Waals surface area contributed by atoms with Gasteiger partial charge in [0.25, 0.3) is 0 Å². The Morgan fingerprint density at radius 1 is 0.955 bits per heavy atom. The number of carboxylic acids is 2. The average Bonchev–Trinajstić information content (AvgIpc) is 2.56. The molecule has 0 spiro atoms. The minimum atomic E-state index is -5.08. The second-order valence-corrected chi connectivity index (χ2v) is 3.13. The Bertz CT molecular complexity index is 441. The number of rotatable bonds is 0. The van der Waals surface area contributed by atoms with Crippen molar-refractivity contribution in [3.8, 4) is 0 Å². The first-order valence-corrected chi connectivity index (χ1v) is 4.93. The lowest BCUT2D eigenvalue weighted by Crippen LogP contribution is -2.21. The van der Waals surface area contributed by atoms with Gasteiger partial charge in [-0.1, -0.05) is 0 Å². The standard InChI is InChI=1S/C6H8N2.2C2HF3O2/c7-6-2-1-4-8-5-3-6;2*3-2(4,5)1(6)7/h1-5,8H,7H2;2*(H,6,7). The molecule has 0 saturated heterocycles. The smallest absolute Gasteiger partial charge is 0.475 e. The van der Waals surface area contributed by atoms with Gasteiger partial charge in [0.15, 0.2) is 0 Å². The van der Waals surface area contributed by atoms with E-state index < -0.39 is 24.3 Å². The lowest BCUT2D eigenvalue weighted by Gasteiger charge is -1.93. The molecule has 0 amide bonds. The summed E-state index contributed by atoms with van der Waals surface area (Å²) < 4.78 is 63.5. The molecule has 1 aliphatic rings. The molecule has 6 nitrogen and oxygen atoms in total. The van der Waals surface area contributed by atoms with Crippen molar-refractivity contribution in [3.63, 3.8) is 0 Å².